The first-order valence-corrected chi connectivity index (χ1v) is 5.61. The van der Waals surface area contributed by atoms with Crippen LogP contribution in [0, 0.1) is 0 Å². The number of imidazole rings is 1. The van der Waals surface area contributed by atoms with E-state index in [0.29, 0.717) is 10.7 Å². The van der Waals surface area contributed by atoms with E-state index in [1.807, 2.05) is 53.2 Å². The molecule has 0 aliphatic heterocycles. The van der Waals surface area contributed by atoms with Crippen molar-refractivity contribution in [1.82, 2.24) is 9.38 Å². The Morgan fingerprint density at radius 1 is 1.12 bits per heavy atom. The Bertz CT molecular complexity index is 688. The van der Waals surface area contributed by atoms with Gasteiger partial charge in [-0.25, -0.2) is 4.98 Å². The molecule has 0 radical (unpaired) electrons. The summed E-state index contributed by atoms with van der Waals surface area (Å²) in [5.74, 6) is 0. The van der Waals surface area contributed by atoms with Crippen molar-refractivity contribution >= 4 is 22.9 Å². The number of hydrogen-bond acceptors (Lipinski definition) is 2. The molecule has 2 aromatic heterocycles. The van der Waals surface area contributed by atoms with Crippen LogP contribution in [0.3, 0.4) is 0 Å². The van der Waals surface area contributed by atoms with Crippen LogP contribution in [-0.2, 0) is 0 Å². The fourth-order valence-corrected chi connectivity index (χ4v) is 2.05. The molecule has 17 heavy (non-hydrogen) atoms. The monoisotopic (exact) mass is 243 g/mol. The van der Waals surface area contributed by atoms with Crippen molar-refractivity contribution in [2.24, 2.45) is 0 Å². The average Bonchev–Trinajstić information content (AvgIpc) is 2.75. The molecule has 3 rings (SSSR count). The highest BCUT2D eigenvalue weighted by Gasteiger charge is 2.08. The third-order valence-corrected chi connectivity index (χ3v) is 2.97. The SMILES string of the molecule is Nc1ccccc1-c1cn2cccc(Cl)c2n1. The minimum Gasteiger partial charge on any atom is -0.398 e. The number of aromatic nitrogens is 2. The summed E-state index contributed by atoms with van der Waals surface area (Å²) < 4.78 is 1.89. The van der Waals surface area contributed by atoms with Crippen LogP contribution >= 0.6 is 11.6 Å². The van der Waals surface area contributed by atoms with Crippen LogP contribution in [0.5, 0.6) is 0 Å². The zero-order valence-corrected chi connectivity index (χ0v) is 9.72. The number of pyridine rings is 1. The molecule has 0 atom stereocenters. The molecule has 2 heterocycles. The first-order chi connectivity index (χ1) is 8.25. The van der Waals surface area contributed by atoms with E-state index in [9.17, 15) is 0 Å². The van der Waals surface area contributed by atoms with Gasteiger partial charge >= 0.3 is 0 Å². The van der Waals surface area contributed by atoms with E-state index in [2.05, 4.69) is 4.98 Å². The van der Waals surface area contributed by atoms with Gasteiger partial charge in [-0.15, -0.1) is 0 Å². The van der Waals surface area contributed by atoms with Crippen LogP contribution < -0.4 is 5.73 Å². The van der Waals surface area contributed by atoms with Crippen LogP contribution in [-0.4, -0.2) is 9.38 Å². The van der Waals surface area contributed by atoms with Gasteiger partial charge < -0.3 is 10.1 Å². The van der Waals surface area contributed by atoms with Gasteiger partial charge in [0, 0.05) is 23.6 Å². The summed E-state index contributed by atoms with van der Waals surface area (Å²) in [7, 11) is 0. The Hall–Kier alpha value is -2.00. The molecule has 0 bridgehead atoms. The number of nitrogens with zero attached hydrogens (tertiary/aromatic N) is 2. The fourth-order valence-electron chi connectivity index (χ4n) is 1.84. The van der Waals surface area contributed by atoms with E-state index in [-0.39, 0.29) is 0 Å². The lowest BCUT2D eigenvalue weighted by atomic mass is 10.1. The number of anilines is 1. The van der Waals surface area contributed by atoms with E-state index in [1.54, 1.807) is 0 Å². The minimum atomic E-state index is 0.633. The molecule has 0 amide bonds. The van der Waals surface area contributed by atoms with Crippen molar-refractivity contribution in [2.45, 2.75) is 0 Å². The molecule has 0 saturated heterocycles. The van der Waals surface area contributed by atoms with Crippen LogP contribution in [0.2, 0.25) is 5.02 Å². The summed E-state index contributed by atoms with van der Waals surface area (Å²) in [6, 6.07) is 11.4. The number of nitrogen functional groups attached to an aromatic ring is 1. The molecule has 0 aliphatic rings. The lowest BCUT2D eigenvalue weighted by Gasteiger charge is -1.99. The van der Waals surface area contributed by atoms with Crippen LogP contribution in [0.1, 0.15) is 0 Å². The maximum atomic E-state index is 6.08. The molecule has 3 aromatic rings. The molecular weight excluding hydrogens is 234 g/mol. The van der Waals surface area contributed by atoms with E-state index < -0.39 is 0 Å². The number of fused-ring (bicyclic) bond motifs is 1. The molecule has 0 unspecified atom stereocenters. The zero-order chi connectivity index (χ0) is 11.8. The summed E-state index contributed by atoms with van der Waals surface area (Å²) >= 11 is 6.08. The standard InChI is InChI=1S/C13H10ClN3/c14-10-5-3-7-17-8-12(16-13(10)17)9-4-1-2-6-11(9)15/h1-8H,15H2. The minimum absolute atomic E-state index is 0.633. The number of benzene rings is 1. The normalized spacial score (nSPS) is 10.9. The largest absolute Gasteiger partial charge is 0.398 e. The first-order valence-electron chi connectivity index (χ1n) is 5.24. The van der Waals surface area contributed by atoms with Crippen molar-refractivity contribution in [3.8, 4) is 11.3 Å². The van der Waals surface area contributed by atoms with E-state index in [4.69, 9.17) is 17.3 Å². The third-order valence-electron chi connectivity index (χ3n) is 2.67. The Balaban J connectivity index is 2.26. The molecule has 2 N–H and O–H groups in total. The Morgan fingerprint density at radius 2 is 1.94 bits per heavy atom. The quantitative estimate of drug-likeness (QED) is 0.667. The number of hydrogen-bond donors (Lipinski definition) is 1. The van der Waals surface area contributed by atoms with Gasteiger partial charge in [-0.3, -0.25) is 0 Å². The second-order valence-electron chi connectivity index (χ2n) is 3.80. The second kappa shape index (κ2) is 3.79. The van der Waals surface area contributed by atoms with Gasteiger partial charge in [0.2, 0.25) is 0 Å². The Labute approximate surface area is 103 Å². The first kappa shape index (κ1) is 10.2. The molecular formula is C13H10ClN3. The van der Waals surface area contributed by atoms with Gasteiger partial charge in [0.1, 0.15) is 0 Å². The van der Waals surface area contributed by atoms with E-state index in [1.165, 1.54) is 0 Å². The van der Waals surface area contributed by atoms with Crippen molar-refractivity contribution in [1.29, 1.82) is 0 Å². The van der Waals surface area contributed by atoms with Gasteiger partial charge in [0.25, 0.3) is 0 Å². The lowest BCUT2D eigenvalue weighted by Crippen LogP contribution is -1.88. The predicted molar refractivity (Wildman–Crippen MR) is 70.1 cm³/mol. The van der Waals surface area contributed by atoms with Crippen molar-refractivity contribution in [3.63, 3.8) is 0 Å². The Morgan fingerprint density at radius 3 is 2.71 bits per heavy atom. The van der Waals surface area contributed by atoms with Gasteiger partial charge in [-0.05, 0) is 18.2 Å². The Kier molecular flexibility index (Phi) is 2.27. The number of nitrogens with two attached hydrogens (primary N) is 1. The van der Waals surface area contributed by atoms with E-state index >= 15 is 0 Å². The maximum absolute atomic E-state index is 6.08. The van der Waals surface area contributed by atoms with Crippen LogP contribution in [0.15, 0.2) is 48.8 Å². The smallest absolute Gasteiger partial charge is 0.156 e. The highest BCUT2D eigenvalue weighted by Crippen LogP contribution is 2.26. The molecule has 0 fully saturated rings. The van der Waals surface area contributed by atoms with Crippen molar-refractivity contribution < 1.29 is 0 Å². The highest BCUT2D eigenvalue weighted by molar-refractivity contribution is 6.33. The molecule has 0 spiro atoms. The second-order valence-corrected chi connectivity index (χ2v) is 4.21. The molecule has 1 aromatic carbocycles. The lowest BCUT2D eigenvalue weighted by molar-refractivity contribution is 1.19. The van der Waals surface area contributed by atoms with Crippen molar-refractivity contribution in [2.75, 3.05) is 5.73 Å². The molecule has 0 aliphatic carbocycles. The van der Waals surface area contributed by atoms with Gasteiger partial charge in [-0.2, -0.15) is 0 Å². The van der Waals surface area contributed by atoms with Gasteiger partial charge in [-0.1, -0.05) is 29.8 Å². The number of halogens is 1. The highest BCUT2D eigenvalue weighted by atomic mass is 35.5. The molecule has 0 saturated carbocycles. The summed E-state index contributed by atoms with van der Waals surface area (Å²) in [4.78, 5) is 4.49. The van der Waals surface area contributed by atoms with Crippen LogP contribution in [0.4, 0.5) is 5.69 Å². The predicted octanol–water partition coefficient (Wildman–Crippen LogP) is 3.24. The van der Waals surface area contributed by atoms with Crippen LogP contribution in [0.25, 0.3) is 16.9 Å². The fraction of sp³-hybridized carbons (Fsp3) is 0. The number of rotatable bonds is 1. The molecule has 3 nitrogen and oxygen atoms in total. The molecule has 4 heteroatoms. The summed E-state index contributed by atoms with van der Waals surface area (Å²) in [5.41, 5.74) is 9.14. The summed E-state index contributed by atoms with van der Waals surface area (Å²) in [6.45, 7) is 0. The topological polar surface area (TPSA) is 43.3 Å². The van der Waals surface area contributed by atoms with Gasteiger partial charge in [0.05, 0.1) is 10.7 Å². The summed E-state index contributed by atoms with van der Waals surface area (Å²) in [5, 5.41) is 0.633. The zero-order valence-electron chi connectivity index (χ0n) is 8.97. The number of para-hydroxylation sites is 1. The third kappa shape index (κ3) is 1.65. The summed E-state index contributed by atoms with van der Waals surface area (Å²) in [6.07, 6.45) is 3.84. The maximum Gasteiger partial charge on any atom is 0.156 e. The van der Waals surface area contributed by atoms with E-state index in [0.717, 1.165) is 16.9 Å². The average molecular weight is 244 g/mol. The van der Waals surface area contributed by atoms with Crippen molar-refractivity contribution in [3.05, 3.63) is 53.8 Å². The molecule has 84 valence electrons. The van der Waals surface area contributed by atoms with Gasteiger partial charge in [0.15, 0.2) is 5.65 Å².